The van der Waals surface area contributed by atoms with E-state index < -0.39 is 12.2 Å². The number of hydrogen-bond acceptors (Lipinski definition) is 9. The lowest BCUT2D eigenvalue weighted by atomic mass is 9.96. The van der Waals surface area contributed by atoms with Gasteiger partial charge in [-0.3, -0.25) is 5.10 Å². The van der Waals surface area contributed by atoms with Crippen LogP contribution in [0.25, 0.3) is 32.6 Å². The summed E-state index contributed by atoms with van der Waals surface area (Å²) < 4.78 is 20.9. The Kier molecular flexibility index (Phi) is 5.41. The molecule has 0 unspecified atom stereocenters. The molecule has 2 saturated heterocycles. The van der Waals surface area contributed by atoms with Gasteiger partial charge in [0.1, 0.15) is 22.4 Å². The summed E-state index contributed by atoms with van der Waals surface area (Å²) in [5.41, 5.74) is 9.37. The first-order valence-corrected chi connectivity index (χ1v) is 12.3. The number of aliphatic hydroxyl groups excluding tert-OH is 1. The standard InChI is InChI=1S/C22H23ClFN7O2S/c1-33-8-15-26-12-4-3-10(16(23)20(12)34-15)18-19-21(30-29-18)28-22(13(7-32)27-19)31-9-2-5-14(31)17(24)11(25)6-9/h3-4,9,11,14,17,32H,2,5-8,25H2,1H3,(H,28,29,30)/t9-,11-,14+,17-/m0/s1. The first kappa shape index (κ1) is 22.1. The minimum atomic E-state index is -1.15. The van der Waals surface area contributed by atoms with E-state index in [2.05, 4.69) is 15.2 Å². The van der Waals surface area contributed by atoms with Crippen LogP contribution in [0.2, 0.25) is 5.02 Å². The number of halogens is 2. The minimum absolute atomic E-state index is 0.0759. The van der Waals surface area contributed by atoms with Gasteiger partial charge < -0.3 is 20.5 Å². The largest absolute Gasteiger partial charge is 0.390 e. The van der Waals surface area contributed by atoms with Crippen LogP contribution in [0, 0.1) is 0 Å². The van der Waals surface area contributed by atoms with E-state index in [1.54, 1.807) is 7.11 Å². The predicted molar refractivity (Wildman–Crippen MR) is 129 cm³/mol. The molecule has 6 rings (SSSR count). The number of hydrogen-bond donors (Lipinski definition) is 3. The van der Waals surface area contributed by atoms with Gasteiger partial charge in [-0.05, 0) is 31.4 Å². The summed E-state index contributed by atoms with van der Waals surface area (Å²) in [6.07, 6.45) is 0.935. The summed E-state index contributed by atoms with van der Waals surface area (Å²) in [6.45, 7) is 0.0824. The van der Waals surface area contributed by atoms with E-state index in [4.69, 9.17) is 32.0 Å². The van der Waals surface area contributed by atoms with Crippen LogP contribution in [0.5, 0.6) is 0 Å². The highest BCUT2D eigenvalue weighted by molar-refractivity contribution is 7.19. The maximum Gasteiger partial charge on any atom is 0.202 e. The summed E-state index contributed by atoms with van der Waals surface area (Å²) in [5.74, 6) is 0.475. The molecular formula is C22H23ClFN7O2S. The zero-order valence-electron chi connectivity index (χ0n) is 18.3. The van der Waals surface area contributed by atoms with Crippen molar-refractivity contribution >= 4 is 50.1 Å². The lowest BCUT2D eigenvalue weighted by Gasteiger charge is -2.41. The van der Waals surface area contributed by atoms with Crippen LogP contribution in [0.15, 0.2) is 12.1 Å². The molecule has 9 nitrogen and oxygen atoms in total. The molecule has 0 radical (unpaired) electrons. The van der Waals surface area contributed by atoms with Crippen molar-refractivity contribution in [1.82, 2.24) is 25.1 Å². The first-order valence-electron chi connectivity index (χ1n) is 11.1. The molecule has 2 aliphatic rings. The van der Waals surface area contributed by atoms with Gasteiger partial charge in [-0.1, -0.05) is 11.6 Å². The summed E-state index contributed by atoms with van der Waals surface area (Å²) >= 11 is 8.24. The zero-order chi connectivity index (χ0) is 23.6. The number of piperidine rings is 1. The second-order valence-electron chi connectivity index (χ2n) is 8.79. The van der Waals surface area contributed by atoms with Crippen LogP contribution in [-0.2, 0) is 18.0 Å². The van der Waals surface area contributed by atoms with Crippen molar-refractivity contribution < 1.29 is 14.2 Å². The third-order valence-corrected chi connectivity index (χ3v) is 8.35. The van der Waals surface area contributed by atoms with Gasteiger partial charge in [0, 0.05) is 24.8 Å². The number of H-pyrrole nitrogens is 1. The molecule has 0 amide bonds. The number of nitrogens with two attached hydrogens (primary N) is 1. The molecule has 2 bridgehead atoms. The summed E-state index contributed by atoms with van der Waals surface area (Å²) in [4.78, 5) is 15.9. The molecule has 2 aliphatic heterocycles. The van der Waals surface area contributed by atoms with Gasteiger partial charge in [0.2, 0.25) is 5.65 Å². The highest BCUT2D eigenvalue weighted by Crippen LogP contribution is 2.42. The van der Waals surface area contributed by atoms with E-state index in [1.165, 1.54) is 11.3 Å². The number of thiazole rings is 1. The second-order valence-corrected chi connectivity index (χ2v) is 10.3. The Morgan fingerprint density at radius 2 is 2.18 bits per heavy atom. The Hall–Kier alpha value is -2.44. The molecule has 34 heavy (non-hydrogen) atoms. The van der Waals surface area contributed by atoms with E-state index in [-0.39, 0.29) is 18.7 Å². The third kappa shape index (κ3) is 3.29. The van der Waals surface area contributed by atoms with Crippen LogP contribution in [0.1, 0.15) is 30.0 Å². The number of aromatic amines is 1. The highest BCUT2D eigenvalue weighted by Gasteiger charge is 2.48. The topological polar surface area (TPSA) is 126 Å². The molecular weight excluding hydrogens is 481 g/mol. The number of benzene rings is 1. The lowest BCUT2D eigenvalue weighted by Crippen LogP contribution is -2.56. The molecule has 4 N–H and O–H groups in total. The molecule has 0 spiro atoms. The molecule has 5 heterocycles. The summed E-state index contributed by atoms with van der Waals surface area (Å²) in [7, 11) is 1.62. The van der Waals surface area contributed by atoms with E-state index in [9.17, 15) is 9.50 Å². The van der Waals surface area contributed by atoms with Gasteiger partial charge in [0.15, 0.2) is 5.82 Å². The average Bonchev–Trinajstić information content (AvgIpc) is 3.52. The van der Waals surface area contributed by atoms with Gasteiger partial charge >= 0.3 is 0 Å². The minimum Gasteiger partial charge on any atom is -0.390 e. The normalized spacial score (nSPS) is 24.6. The highest BCUT2D eigenvalue weighted by atomic mass is 35.5. The van der Waals surface area contributed by atoms with E-state index in [0.717, 1.165) is 21.6 Å². The van der Waals surface area contributed by atoms with E-state index >= 15 is 0 Å². The van der Waals surface area contributed by atoms with E-state index in [1.807, 2.05) is 17.0 Å². The Balaban J connectivity index is 1.45. The van der Waals surface area contributed by atoms with Crippen molar-refractivity contribution in [3.05, 3.63) is 27.9 Å². The Morgan fingerprint density at radius 1 is 1.32 bits per heavy atom. The SMILES string of the molecule is COCc1nc2ccc(-c3[nH]nc4nc(N5[C@H]6CC[C@@H]5[C@@H](F)[C@@H](N)C6)c(CO)nc34)c(Cl)c2s1. The van der Waals surface area contributed by atoms with E-state index in [0.29, 0.717) is 58.4 Å². The number of rotatable bonds is 5. The van der Waals surface area contributed by atoms with Crippen LogP contribution in [0.4, 0.5) is 10.2 Å². The number of aromatic nitrogens is 5. The maximum absolute atomic E-state index is 14.9. The molecule has 0 aliphatic carbocycles. The number of methoxy groups -OCH3 is 1. The fourth-order valence-electron chi connectivity index (χ4n) is 5.26. The fraction of sp³-hybridized carbons (Fsp3) is 0.455. The fourth-order valence-corrected chi connectivity index (χ4v) is 6.61. The number of alkyl halides is 1. The molecule has 178 valence electrons. The molecule has 2 fully saturated rings. The molecule has 4 aromatic rings. The van der Waals surface area contributed by atoms with Gasteiger partial charge in [0.05, 0.1) is 40.2 Å². The summed E-state index contributed by atoms with van der Waals surface area (Å²) in [5, 5.41) is 18.9. The monoisotopic (exact) mass is 503 g/mol. The molecule has 1 aromatic carbocycles. The van der Waals surface area contributed by atoms with Crippen molar-refractivity contribution in [3.63, 3.8) is 0 Å². The third-order valence-electron chi connectivity index (χ3n) is 6.78. The van der Waals surface area contributed by atoms with Crippen LogP contribution in [0.3, 0.4) is 0 Å². The van der Waals surface area contributed by atoms with Crippen molar-refractivity contribution in [2.24, 2.45) is 5.73 Å². The molecule has 4 atom stereocenters. The number of nitrogens with zero attached hydrogens (tertiary/aromatic N) is 5. The van der Waals surface area contributed by atoms with Gasteiger partial charge in [-0.2, -0.15) is 5.10 Å². The van der Waals surface area contributed by atoms with Crippen molar-refractivity contribution in [1.29, 1.82) is 0 Å². The zero-order valence-corrected chi connectivity index (χ0v) is 19.9. The van der Waals surface area contributed by atoms with Crippen LogP contribution >= 0.6 is 22.9 Å². The quantitative estimate of drug-likeness (QED) is 0.378. The smallest absolute Gasteiger partial charge is 0.202 e. The predicted octanol–water partition coefficient (Wildman–Crippen LogP) is 3.33. The average molecular weight is 504 g/mol. The van der Waals surface area contributed by atoms with Crippen molar-refractivity contribution in [3.8, 4) is 11.3 Å². The Morgan fingerprint density at radius 3 is 2.97 bits per heavy atom. The summed E-state index contributed by atoms with van der Waals surface area (Å²) in [6, 6.07) is 2.99. The first-order chi connectivity index (χ1) is 16.5. The maximum atomic E-state index is 14.9. The number of aliphatic hydroxyl groups is 1. The number of ether oxygens (including phenoxy) is 1. The van der Waals surface area contributed by atoms with Gasteiger partial charge in [0.25, 0.3) is 0 Å². The second kappa shape index (κ2) is 8.35. The van der Waals surface area contributed by atoms with Gasteiger partial charge in [-0.25, -0.2) is 19.3 Å². The molecule has 12 heteroatoms. The van der Waals surface area contributed by atoms with Crippen molar-refractivity contribution in [2.75, 3.05) is 12.0 Å². The number of fused-ring (bicyclic) bond motifs is 4. The van der Waals surface area contributed by atoms with Crippen LogP contribution < -0.4 is 10.6 Å². The Labute approximate surface area is 203 Å². The Bertz CT molecular complexity index is 1390. The van der Waals surface area contributed by atoms with Crippen molar-refractivity contribution in [2.45, 2.75) is 56.8 Å². The molecule has 0 saturated carbocycles. The number of nitrogens with one attached hydrogen (secondary N) is 1. The lowest BCUT2D eigenvalue weighted by molar-refractivity contribution is 0.184. The van der Waals surface area contributed by atoms with Gasteiger partial charge in [-0.15, -0.1) is 11.3 Å². The number of anilines is 1. The van der Waals surface area contributed by atoms with Crippen LogP contribution in [-0.4, -0.2) is 61.7 Å². The molecule has 3 aromatic heterocycles.